The Morgan fingerprint density at radius 1 is 1.14 bits per heavy atom. The Hall–Kier alpha value is -0.220. The van der Waals surface area contributed by atoms with Crippen molar-refractivity contribution in [3.8, 4) is 0 Å². The minimum absolute atomic E-state index is 0.0945. The molecule has 1 aliphatic carbocycles. The van der Waals surface area contributed by atoms with Gasteiger partial charge in [0.1, 0.15) is 0 Å². The molecule has 1 aliphatic rings. The summed E-state index contributed by atoms with van der Waals surface area (Å²) in [4.78, 5) is 12.1. The van der Waals surface area contributed by atoms with Crippen LogP contribution in [0.2, 0.25) is 0 Å². The van der Waals surface area contributed by atoms with E-state index in [1.54, 1.807) is 0 Å². The predicted molar refractivity (Wildman–Crippen MR) is 93.7 cm³/mol. The lowest BCUT2D eigenvalue weighted by Gasteiger charge is -2.35. The van der Waals surface area contributed by atoms with Gasteiger partial charge in [0.2, 0.25) is 5.91 Å². The first-order valence-corrected chi connectivity index (χ1v) is 9.92. The maximum absolute atomic E-state index is 12.1. The van der Waals surface area contributed by atoms with Crippen LogP contribution in [0.1, 0.15) is 71.1 Å². The Labute approximate surface area is 135 Å². The van der Waals surface area contributed by atoms with Gasteiger partial charge >= 0.3 is 0 Å². The van der Waals surface area contributed by atoms with E-state index in [0.29, 0.717) is 13.0 Å². The Kier molecular flexibility index (Phi) is 10.2. The van der Waals surface area contributed by atoms with Gasteiger partial charge in [-0.05, 0) is 49.1 Å². The van der Waals surface area contributed by atoms with Crippen LogP contribution in [0.15, 0.2) is 0 Å². The maximum Gasteiger partial charge on any atom is 0.220 e. The number of nitrogens with one attached hydrogen (secondary N) is 1. The Morgan fingerprint density at radius 3 is 2.52 bits per heavy atom. The first kappa shape index (κ1) is 18.8. The first-order valence-electron chi connectivity index (χ1n) is 8.77. The Morgan fingerprint density at radius 2 is 1.86 bits per heavy atom. The number of carbonyl (C=O) groups is 1. The van der Waals surface area contributed by atoms with Crippen molar-refractivity contribution in [1.82, 2.24) is 5.32 Å². The highest BCUT2D eigenvalue weighted by atomic mass is 32.2. The molecule has 0 unspecified atom stereocenters. The zero-order valence-corrected chi connectivity index (χ0v) is 14.6. The second-order valence-corrected chi connectivity index (χ2v) is 7.69. The molecule has 0 spiro atoms. The zero-order chi connectivity index (χ0) is 15.4. The summed E-state index contributed by atoms with van der Waals surface area (Å²) in [5.74, 6) is 2.63. The second-order valence-electron chi connectivity index (χ2n) is 6.46. The molecule has 0 aromatic heterocycles. The van der Waals surface area contributed by atoms with Gasteiger partial charge in [-0.2, -0.15) is 11.8 Å². The summed E-state index contributed by atoms with van der Waals surface area (Å²) in [6.45, 7) is 3.72. The predicted octanol–water partition coefficient (Wildman–Crippen LogP) is 3.72. The molecular formula is C17H34N2OS. The highest BCUT2D eigenvalue weighted by molar-refractivity contribution is 7.99. The van der Waals surface area contributed by atoms with E-state index in [-0.39, 0.29) is 11.3 Å². The van der Waals surface area contributed by atoms with Crippen LogP contribution in [0.3, 0.4) is 0 Å². The summed E-state index contributed by atoms with van der Waals surface area (Å²) in [6, 6.07) is 0. The van der Waals surface area contributed by atoms with E-state index in [9.17, 15) is 4.79 Å². The molecule has 0 aromatic carbocycles. The summed E-state index contributed by atoms with van der Waals surface area (Å²) in [6.07, 6.45) is 11.7. The van der Waals surface area contributed by atoms with Crippen LogP contribution in [0, 0.1) is 5.41 Å². The van der Waals surface area contributed by atoms with Gasteiger partial charge in [-0.25, -0.2) is 0 Å². The lowest BCUT2D eigenvalue weighted by atomic mass is 9.71. The van der Waals surface area contributed by atoms with Gasteiger partial charge in [-0.1, -0.05) is 39.0 Å². The molecule has 1 saturated carbocycles. The fraction of sp³-hybridized carbons (Fsp3) is 0.941. The highest BCUT2D eigenvalue weighted by Crippen LogP contribution is 2.38. The van der Waals surface area contributed by atoms with Crippen LogP contribution >= 0.6 is 11.8 Å². The lowest BCUT2D eigenvalue weighted by molar-refractivity contribution is -0.123. The van der Waals surface area contributed by atoms with E-state index < -0.39 is 0 Å². The fourth-order valence-electron chi connectivity index (χ4n) is 3.12. The average molecular weight is 315 g/mol. The molecule has 0 atom stereocenters. The average Bonchev–Trinajstić information content (AvgIpc) is 2.51. The third-order valence-electron chi connectivity index (χ3n) is 4.56. The molecule has 1 rings (SSSR count). The van der Waals surface area contributed by atoms with Gasteiger partial charge in [0.05, 0.1) is 0 Å². The van der Waals surface area contributed by atoms with Crippen molar-refractivity contribution in [1.29, 1.82) is 0 Å². The van der Waals surface area contributed by atoms with Gasteiger partial charge in [-0.3, -0.25) is 4.79 Å². The molecular weight excluding hydrogens is 280 g/mol. The molecule has 1 amide bonds. The van der Waals surface area contributed by atoms with Gasteiger partial charge in [0.25, 0.3) is 0 Å². The summed E-state index contributed by atoms with van der Waals surface area (Å²) >= 11 is 2.01. The molecule has 3 N–H and O–H groups in total. The SMILES string of the molecule is CCCCCSCCCNC(=O)CC1(CN)CCCCC1. The molecule has 1 fully saturated rings. The maximum atomic E-state index is 12.1. The van der Waals surface area contributed by atoms with Gasteiger partial charge in [0.15, 0.2) is 0 Å². The number of hydrogen-bond donors (Lipinski definition) is 2. The Bertz CT molecular complexity index is 278. The molecule has 0 heterocycles. The van der Waals surface area contributed by atoms with Crippen LogP contribution in [-0.2, 0) is 4.79 Å². The van der Waals surface area contributed by atoms with E-state index in [1.165, 1.54) is 44.3 Å². The zero-order valence-electron chi connectivity index (χ0n) is 13.8. The van der Waals surface area contributed by atoms with Crippen molar-refractivity contribution in [3.05, 3.63) is 0 Å². The fourth-order valence-corrected chi connectivity index (χ4v) is 4.08. The van der Waals surface area contributed by atoms with E-state index in [2.05, 4.69) is 12.2 Å². The first-order chi connectivity index (χ1) is 10.2. The van der Waals surface area contributed by atoms with Crippen molar-refractivity contribution >= 4 is 17.7 Å². The van der Waals surface area contributed by atoms with Crippen LogP contribution in [0.5, 0.6) is 0 Å². The number of amides is 1. The number of nitrogens with two attached hydrogens (primary N) is 1. The van der Waals surface area contributed by atoms with Crippen molar-refractivity contribution < 1.29 is 4.79 Å². The summed E-state index contributed by atoms with van der Waals surface area (Å²) in [5.41, 5.74) is 6.03. The van der Waals surface area contributed by atoms with Gasteiger partial charge in [0, 0.05) is 13.0 Å². The topological polar surface area (TPSA) is 55.1 Å². The highest BCUT2D eigenvalue weighted by Gasteiger charge is 2.32. The molecule has 0 saturated heterocycles. The van der Waals surface area contributed by atoms with Crippen molar-refractivity contribution in [2.75, 3.05) is 24.6 Å². The van der Waals surface area contributed by atoms with Crippen LogP contribution in [-0.4, -0.2) is 30.5 Å². The van der Waals surface area contributed by atoms with E-state index >= 15 is 0 Å². The van der Waals surface area contributed by atoms with Crippen molar-refractivity contribution in [2.24, 2.45) is 11.1 Å². The van der Waals surface area contributed by atoms with Gasteiger partial charge in [-0.15, -0.1) is 0 Å². The molecule has 0 bridgehead atoms. The molecule has 0 aliphatic heterocycles. The quantitative estimate of drug-likeness (QED) is 0.572. The van der Waals surface area contributed by atoms with Crippen LogP contribution < -0.4 is 11.1 Å². The minimum Gasteiger partial charge on any atom is -0.356 e. The van der Waals surface area contributed by atoms with Crippen LogP contribution in [0.4, 0.5) is 0 Å². The van der Waals surface area contributed by atoms with E-state index in [1.807, 2.05) is 11.8 Å². The molecule has 21 heavy (non-hydrogen) atoms. The molecule has 124 valence electrons. The smallest absolute Gasteiger partial charge is 0.220 e. The number of unbranched alkanes of at least 4 members (excludes halogenated alkanes) is 2. The van der Waals surface area contributed by atoms with E-state index in [0.717, 1.165) is 31.6 Å². The minimum atomic E-state index is 0.0945. The monoisotopic (exact) mass is 314 g/mol. The Balaban J connectivity index is 2.05. The molecule has 0 aromatic rings. The summed E-state index contributed by atoms with van der Waals surface area (Å²) in [5, 5.41) is 3.08. The number of rotatable bonds is 11. The number of carbonyl (C=O) groups excluding carboxylic acids is 1. The van der Waals surface area contributed by atoms with Crippen LogP contribution in [0.25, 0.3) is 0 Å². The third-order valence-corrected chi connectivity index (χ3v) is 5.72. The molecule has 3 nitrogen and oxygen atoms in total. The van der Waals surface area contributed by atoms with Crippen molar-refractivity contribution in [3.63, 3.8) is 0 Å². The standard InChI is InChI=1S/C17H34N2OS/c1-2-3-7-12-21-13-8-11-19-16(20)14-17(15-18)9-5-4-6-10-17/h2-15,18H2,1H3,(H,19,20). The summed E-state index contributed by atoms with van der Waals surface area (Å²) in [7, 11) is 0. The number of hydrogen-bond acceptors (Lipinski definition) is 3. The molecule has 0 radical (unpaired) electrons. The normalized spacial score (nSPS) is 17.6. The number of thioether (sulfide) groups is 1. The summed E-state index contributed by atoms with van der Waals surface area (Å²) < 4.78 is 0. The second kappa shape index (κ2) is 11.4. The van der Waals surface area contributed by atoms with Gasteiger partial charge < -0.3 is 11.1 Å². The largest absolute Gasteiger partial charge is 0.356 e. The molecule has 4 heteroatoms. The third kappa shape index (κ3) is 8.10. The van der Waals surface area contributed by atoms with E-state index in [4.69, 9.17) is 5.73 Å². The lowest BCUT2D eigenvalue weighted by Crippen LogP contribution is -2.38. The van der Waals surface area contributed by atoms with Crippen molar-refractivity contribution in [2.45, 2.75) is 71.1 Å².